The number of pyridine rings is 1. The number of nitrogens with zero attached hydrogens (tertiary/aromatic N) is 2. The Morgan fingerprint density at radius 2 is 1.96 bits per heavy atom. The number of benzene rings is 2. The number of carbonyl (C=O) groups excluding carboxylic acids is 1. The zero-order valence-corrected chi connectivity index (χ0v) is 14.9. The summed E-state index contributed by atoms with van der Waals surface area (Å²) in [5.74, 6) is 0.184. The van der Waals surface area contributed by atoms with E-state index in [1.807, 2.05) is 42.5 Å². The fourth-order valence-electron chi connectivity index (χ4n) is 2.45. The molecule has 0 saturated heterocycles. The van der Waals surface area contributed by atoms with Gasteiger partial charge in [0.25, 0.3) is 0 Å². The molecule has 2 aromatic carbocycles. The second-order valence-corrected chi connectivity index (χ2v) is 6.09. The highest BCUT2D eigenvalue weighted by Gasteiger charge is 2.15. The van der Waals surface area contributed by atoms with Crippen molar-refractivity contribution in [2.24, 2.45) is 0 Å². The van der Waals surface area contributed by atoms with Crippen LogP contribution in [0.3, 0.4) is 0 Å². The summed E-state index contributed by atoms with van der Waals surface area (Å²) in [6.45, 7) is -0.297. The summed E-state index contributed by atoms with van der Waals surface area (Å²) in [5, 5.41) is 9.30. The van der Waals surface area contributed by atoms with Crippen molar-refractivity contribution in [2.45, 2.75) is 0 Å². The molecule has 0 atom stereocenters. The van der Waals surface area contributed by atoms with Gasteiger partial charge in [0.2, 0.25) is 0 Å². The number of ether oxygens (including phenoxy) is 2. The van der Waals surface area contributed by atoms with Crippen molar-refractivity contribution in [3.8, 4) is 23.1 Å². The van der Waals surface area contributed by atoms with E-state index in [4.69, 9.17) is 14.7 Å². The number of halogens is 1. The number of hydrogen-bond donors (Lipinski definition) is 0. The Hall–Kier alpha value is -2.91. The number of fused-ring (bicyclic) bond motifs is 1. The largest absolute Gasteiger partial charge is 0.497 e. The van der Waals surface area contributed by atoms with Crippen LogP contribution in [-0.4, -0.2) is 24.7 Å². The molecule has 0 aliphatic rings. The first-order valence-corrected chi connectivity index (χ1v) is 8.20. The molecule has 6 heteroatoms. The molecule has 0 spiro atoms. The van der Waals surface area contributed by atoms with Gasteiger partial charge in [-0.05, 0) is 48.5 Å². The lowest BCUT2D eigenvalue weighted by Crippen LogP contribution is -2.07. The Balaban J connectivity index is 2.15. The van der Waals surface area contributed by atoms with Gasteiger partial charge in [0.15, 0.2) is 6.61 Å². The number of carbonyl (C=O) groups is 1. The van der Waals surface area contributed by atoms with E-state index in [0.29, 0.717) is 22.2 Å². The molecule has 3 rings (SSSR count). The van der Waals surface area contributed by atoms with Crippen LogP contribution in [0.15, 0.2) is 53.0 Å². The first-order valence-electron chi connectivity index (χ1n) is 7.41. The third-order valence-electron chi connectivity index (χ3n) is 3.64. The molecule has 124 valence electrons. The standard InChI is InChI=1S/C19H13BrN2O3/c1-24-14-5-2-12(3-6-14)18-11-16(19(23)25-9-8-21)15-10-13(20)4-7-17(15)22-18/h2-7,10-11H,9H2,1H3. The van der Waals surface area contributed by atoms with Crippen LogP contribution < -0.4 is 4.74 Å². The zero-order chi connectivity index (χ0) is 17.8. The third kappa shape index (κ3) is 3.62. The second-order valence-electron chi connectivity index (χ2n) is 5.18. The molecule has 1 heterocycles. The highest BCUT2D eigenvalue weighted by molar-refractivity contribution is 9.10. The fourth-order valence-corrected chi connectivity index (χ4v) is 2.81. The van der Waals surface area contributed by atoms with Gasteiger partial charge in [-0.3, -0.25) is 0 Å². The smallest absolute Gasteiger partial charge is 0.339 e. The average molecular weight is 397 g/mol. The van der Waals surface area contributed by atoms with Gasteiger partial charge in [0.05, 0.1) is 23.9 Å². The van der Waals surface area contributed by atoms with E-state index in [1.54, 1.807) is 19.2 Å². The Morgan fingerprint density at radius 1 is 1.20 bits per heavy atom. The van der Waals surface area contributed by atoms with E-state index in [2.05, 4.69) is 20.9 Å². The maximum absolute atomic E-state index is 12.4. The first kappa shape index (κ1) is 16.9. The summed E-state index contributed by atoms with van der Waals surface area (Å²) < 4.78 is 11.0. The van der Waals surface area contributed by atoms with Gasteiger partial charge in [0.1, 0.15) is 11.8 Å². The number of rotatable bonds is 4. The number of nitriles is 1. The summed E-state index contributed by atoms with van der Waals surface area (Å²) in [7, 11) is 1.60. The van der Waals surface area contributed by atoms with Gasteiger partial charge < -0.3 is 9.47 Å². The van der Waals surface area contributed by atoms with E-state index in [0.717, 1.165) is 15.8 Å². The van der Waals surface area contributed by atoms with Crippen molar-refractivity contribution in [3.63, 3.8) is 0 Å². The topological polar surface area (TPSA) is 72.2 Å². The monoisotopic (exact) mass is 396 g/mol. The van der Waals surface area contributed by atoms with Crippen LogP contribution in [0.1, 0.15) is 10.4 Å². The maximum atomic E-state index is 12.4. The summed E-state index contributed by atoms with van der Waals surface area (Å²) >= 11 is 3.40. The number of aromatic nitrogens is 1. The van der Waals surface area contributed by atoms with Crippen molar-refractivity contribution >= 4 is 32.8 Å². The molecule has 0 fully saturated rings. The first-order chi connectivity index (χ1) is 12.1. The molecule has 5 nitrogen and oxygen atoms in total. The minimum absolute atomic E-state index is 0.297. The summed E-state index contributed by atoms with van der Waals surface area (Å²) in [5.41, 5.74) is 2.52. The normalized spacial score (nSPS) is 10.3. The summed E-state index contributed by atoms with van der Waals surface area (Å²) in [6, 6.07) is 16.4. The molecule has 0 unspecified atom stereocenters. The number of esters is 1. The van der Waals surface area contributed by atoms with Crippen molar-refractivity contribution in [2.75, 3.05) is 13.7 Å². The quantitative estimate of drug-likeness (QED) is 0.612. The van der Waals surface area contributed by atoms with E-state index in [9.17, 15) is 4.79 Å². The van der Waals surface area contributed by atoms with Gasteiger partial charge in [-0.25, -0.2) is 9.78 Å². The average Bonchev–Trinajstić information content (AvgIpc) is 2.65. The third-order valence-corrected chi connectivity index (χ3v) is 4.14. The van der Waals surface area contributed by atoms with Gasteiger partial charge in [-0.15, -0.1) is 0 Å². The van der Waals surface area contributed by atoms with Gasteiger partial charge in [0, 0.05) is 15.4 Å². The minimum Gasteiger partial charge on any atom is -0.497 e. The molecular formula is C19H13BrN2O3. The lowest BCUT2D eigenvalue weighted by molar-refractivity contribution is 0.0557. The minimum atomic E-state index is -0.554. The van der Waals surface area contributed by atoms with E-state index in [-0.39, 0.29) is 6.61 Å². The predicted octanol–water partition coefficient (Wildman–Crippen LogP) is 4.35. The molecule has 1 aromatic heterocycles. The highest BCUT2D eigenvalue weighted by atomic mass is 79.9. The SMILES string of the molecule is COc1ccc(-c2cc(C(=O)OCC#N)c3cc(Br)ccc3n2)cc1. The van der Waals surface area contributed by atoms with Crippen molar-refractivity contribution in [3.05, 3.63) is 58.6 Å². The van der Waals surface area contributed by atoms with Crippen LogP contribution in [0.25, 0.3) is 22.2 Å². The number of methoxy groups -OCH3 is 1. The molecule has 0 aliphatic heterocycles. The van der Waals surface area contributed by atoms with Gasteiger partial charge in [-0.2, -0.15) is 5.26 Å². The van der Waals surface area contributed by atoms with Crippen molar-refractivity contribution in [1.82, 2.24) is 4.98 Å². The molecule has 25 heavy (non-hydrogen) atoms. The maximum Gasteiger partial charge on any atom is 0.339 e. The van der Waals surface area contributed by atoms with Crippen LogP contribution in [0.5, 0.6) is 5.75 Å². The zero-order valence-electron chi connectivity index (χ0n) is 13.3. The molecule has 0 saturated carbocycles. The molecule has 0 aliphatic carbocycles. The summed E-state index contributed by atoms with van der Waals surface area (Å²) in [6.07, 6.45) is 0. The molecule has 3 aromatic rings. The van der Waals surface area contributed by atoms with Gasteiger partial charge >= 0.3 is 5.97 Å². The van der Waals surface area contributed by atoms with E-state index >= 15 is 0 Å². The Labute approximate surface area is 152 Å². The lowest BCUT2D eigenvalue weighted by Gasteiger charge is -2.10. The van der Waals surface area contributed by atoms with Crippen LogP contribution in [0.2, 0.25) is 0 Å². The Morgan fingerprint density at radius 3 is 2.64 bits per heavy atom. The van der Waals surface area contributed by atoms with Crippen LogP contribution in [0, 0.1) is 11.3 Å². The lowest BCUT2D eigenvalue weighted by atomic mass is 10.0. The van der Waals surface area contributed by atoms with Crippen molar-refractivity contribution in [1.29, 1.82) is 5.26 Å². The molecule has 0 N–H and O–H groups in total. The van der Waals surface area contributed by atoms with Crippen LogP contribution in [0.4, 0.5) is 0 Å². The van der Waals surface area contributed by atoms with E-state index in [1.165, 1.54) is 0 Å². The number of hydrogen-bond acceptors (Lipinski definition) is 5. The second kappa shape index (κ2) is 7.32. The summed E-state index contributed by atoms with van der Waals surface area (Å²) in [4.78, 5) is 17.0. The molecule has 0 amide bonds. The van der Waals surface area contributed by atoms with Crippen molar-refractivity contribution < 1.29 is 14.3 Å². The molecular weight excluding hydrogens is 384 g/mol. The Bertz CT molecular complexity index is 978. The Kier molecular flexibility index (Phi) is 4.96. The van der Waals surface area contributed by atoms with Gasteiger partial charge in [-0.1, -0.05) is 15.9 Å². The molecule has 0 bridgehead atoms. The van der Waals surface area contributed by atoms with Crippen LogP contribution >= 0.6 is 15.9 Å². The van der Waals surface area contributed by atoms with E-state index < -0.39 is 5.97 Å². The van der Waals surface area contributed by atoms with Crippen LogP contribution in [-0.2, 0) is 4.74 Å². The predicted molar refractivity (Wildman–Crippen MR) is 97.3 cm³/mol. The fraction of sp³-hybridized carbons (Fsp3) is 0.105. The molecule has 0 radical (unpaired) electrons. The highest BCUT2D eigenvalue weighted by Crippen LogP contribution is 2.28.